The fraction of sp³-hybridized carbons (Fsp3) is 0.716. The van der Waals surface area contributed by atoms with E-state index >= 15 is 0 Å². The molecule has 0 rings (SSSR count). The van der Waals surface area contributed by atoms with Gasteiger partial charge in [-0.1, -0.05) is 277 Å². The van der Waals surface area contributed by atoms with Crippen LogP contribution in [-0.2, 0) is 33.3 Å². The molecule has 1 N–H and O–H groups in total. The summed E-state index contributed by atoms with van der Waals surface area (Å²) in [7, 11) is 5.96. The standard InChI is InChI=1S/C74H127NO8/c1-6-8-10-12-14-16-18-20-22-24-26-28-30-32-34-35-36-37-39-40-42-44-46-48-50-52-54-56-58-60-62-64-71(76)81-68-70(69-82-74(73(78)79)80-67-66-75(3,4)5)83-72(77)65-63-61-59-57-55-53-51-49-47-45-43-41-38-33-31-29-27-25-23-21-19-17-15-13-11-9-7-2/h9,11,15,17,21,23-24,26-27,29,33,38,43,45,49,51,55,57,70,74H,6-8,10,12-14,16,18-20,22,25,28,30-32,34-37,39-42,44,46-48,50,52-54,56,58-69H2,1-5H3/p+1/b11-9-,17-15-,23-21-,26-24-,29-27-,38-33-,45-43-,51-49-,57-55-. The fourth-order valence-electron chi connectivity index (χ4n) is 9.32. The molecule has 0 radical (unpaired) electrons. The smallest absolute Gasteiger partial charge is 0.361 e. The lowest BCUT2D eigenvalue weighted by Crippen LogP contribution is -2.40. The van der Waals surface area contributed by atoms with Crippen LogP contribution in [0, 0.1) is 0 Å². The third-order valence-corrected chi connectivity index (χ3v) is 14.5. The number of carboxylic acids is 1. The third-order valence-electron chi connectivity index (χ3n) is 14.5. The minimum atomic E-state index is -1.53. The number of likely N-dealkylation sites (N-methyl/N-ethyl adjacent to an activating group) is 1. The zero-order chi connectivity index (χ0) is 60.5. The molecule has 2 unspecified atom stereocenters. The van der Waals surface area contributed by atoms with Crippen LogP contribution >= 0.6 is 0 Å². The summed E-state index contributed by atoms with van der Waals surface area (Å²) in [5, 5.41) is 9.73. The Kier molecular flexibility index (Phi) is 60.8. The van der Waals surface area contributed by atoms with Gasteiger partial charge in [-0.3, -0.25) is 9.59 Å². The number of hydrogen-bond donors (Lipinski definition) is 1. The molecule has 0 aromatic heterocycles. The van der Waals surface area contributed by atoms with Gasteiger partial charge in [-0.15, -0.1) is 0 Å². The van der Waals surface area contributed by atoms with Crippen molar-refractivity contribution in [2.75, 3.05) is 47.5 Å². The number of quaternary nitrogens is 1. The molecule has 83 heavy (non-hydrogen) atoms. The molecule has 0 saturated heterocycles. The minimum absolute atomic E-state index is 0.174. The zero-order valence-electron chi connectivity index (χ0n) is 54.3. The summed E-state index contributed by atoms with van der Waals surface area (Å²) in [5.41, 5.74) is 0. The second-order valence-corrected chi connectivity index (χ2v) is 23.7. The van der Waals surface area contributed by atoms with E-state index in [-0.39, 0.29) is 38.6 Å². The first kappa shape index (κ1) is 79.0. The van der Waals surface area contributed by atoms with E-state index in [9.17, 15) is 19.5 Å². The Morgan fingerprint density at radius 1 is 0.373 bits per heavy atom. The maximum atomic E-state index is 12.9. The van der Waals surface area contributed by atoms with Crippen molar-refractivity contribution >= 4 is 17.9 Å². The van der Waals surface area contributed by atoms with E-state index in [1.54, 1.807) is 0 Å². The lowest BCUT2D eigenvalue weighted by atomic mass is 10.0. The van der Waals surface area contributed by atoms with Crippen molar-refractivity contribution < 1.29 is 42.9 Å². The van der Waals surface area contributed by atoms with Crippen LogP contribution in [0.2, 0.25) is 0 Å². The molecule has 9 nitrogen and oxygen atoms in total. The van der Waals surface area contributed by atoms with E-state index in [1.807, 2.05) is 21.1 Å². The number of carboxylic acid groups (broad SMARTS) is 1. The third kappa shape index (κ3) is 65.3. The average molecular weight is 1160 g/mol. The number of hydrogen-bond acceptors (Lipinski definition) is 7. The van der Waals surface area contributed by atoms with Crippen molar-refractivity contribution in [2.24, 2.45) is 0 Å². The summed E-state index contributed by atoms with van der Waals surface area (Å²) in [6.07, 6.45) is 86.3. The summed E-state index contributed by atoms with van der Waals surface area (Å²) < 4.78 is 22.9. The van der Waals surface area contributed by atoms with Gasteiger partial charge in [0.25, 0.3) is 6.29 Å². The van der Waals surface area contributed by atoms with Gasteiger partial charge >= 0.3 is 17.9 Å². The Balaban J connectivity index is 4.21. The fourth-order valence-corrected chi connectivity index (χ4v) is 9.32. The molecule has 0 spiro atoms. The number of esters is 2. The minimum Gasteiger partial charge on any atom is -0.477 e. The normalized spacial score (nSPS) is 13.4. The molecule has 476 valence electrons. The van der Waals surface area contributed by atoms with Crippen LogP contribution in [0.3, 0.4) is 0 Å². The summed E-state index contributed by atoms with van der Waals surface area (Å²) in [5.74, 6) is -2.07. The van der Waals surface area contributed by atoms with Crippen LogP contribution in [0.4, 0.5) is 0 Å². The van der Waals surface area contributed by atoms with Crippen molar-refractivity contribution in [2.45, 2.75) is 296 Å². The van der Waals surface area contributed by atoms with E-state index in [0.717, 1.165) is 83.5 Å². The van der Waals surface area contributed by atoms with Crippen molar-refractivity contribution in [1.82, 2.24) is 0 Å². The van der Waals surface area contributed by atoms with E-state index in [0.29, 0.717) is 17.4 Å². The van der Waals surface area contributed by atoms with Crippen LogP contribution in [0.1, 0.15) is 284 Å². The van der Waals surface area contributed by atoms with Gasteiger partial charge in [-0.25, -0.2) is 4.79 Å². The number of rotatable bonds is 62. The Morgan fingerprint density at radius 3 is 1.06 bits per heavy atom. The molecule has 0 amide bonds. The second-order valence-electron chi connectivity index (χ2n) is 23.7. The highest BCUT2D eigenvalue weighted by Crippen LogP contribution is 2.17. The van der Waals surface area contributed by atoms with Gasteiger partial charge in [-0.2, -0.15) is 0 Å². The predicted molar refractivity (Wildman–Crippen MR) is 355 cm³/mol. The number of unbranched alkanes of at least 4 members (excludes halogenated alkanes) is 29. The molecule has 0 aliphatic rings. The number of carbonyl (C=O) groups excluding carboxylic acids is 2. The highest BCUT2D eigenvalue weighted by atomic mass is 16.7. The summed E-state index contributed by atoms with van der Waals surface area (Å²) >= 11 is 0. The van der Waals surface area contributed by atoms with E-state index in [1.165, 1.54) is 167 Å². The lowest BCUT2D eigenvalue weighted by molar-refractivity contribution is -0.870. The number of nitrogens with zero attached hydrogens (tertiary/aromatic N) is 1. The summed E-state index contributed by atoms with van der Waals surface area (Å²) in [4.78, 5) is 37.6. The second kappa shape index (κ2) is 64.0. The predicted octanol–water partition coefficient (Wildman–Crippen LogP) is 21.0. The first-order valence-electron chi connectivity index (χ1n) is 34.1. The number of ether oxygens (including phenoxy) is 4. The lowest BCUT2D eigenvalue weighted by Gasteiger charge is -2.25. The molecule has 0 saturated carbocycles. The SMILES string of the molecule is CC/C=C\C/C=C\C/C=C\C/C=C\C/C=C\C/C=C\C/C=C\C/C=C\CCCCC(=O)OC(COC(=O)CCCCCCCCCCCCCCCCCCCCC/C=C\CCCCCCCCCC)COC(OCC[N+](C)(C)C)C(=O)O. The van der Waals surface area contributed by atoms with Crippen molar-refractivity contribution in [3.8, 4) is 0 Å². The average Bonchev–Trinajstić information content (AvgIpc) is 3.46. The molecule has 2 atom stereocenters. The first-order valence-corrected chi connectivity index (χ1v) is 34.1. The molecule has 0 heterocycles. The number of allylic oxidation sites excluding steroid dienone is 18. The molecule has 0 aliphatic heterocycles. The van der Waals surface area contributed by atoms with Gasteiger partial charge in [0.05, 0.1) is 34.4 Å². The Morgan fingerprint density at radius 2 is 0.687 bits per heavy atom. The van der Waals surface area contributed by atoms with Gasteiger partial charge < -0.3 is 28.5 Å². The van der Waals surface area contributed by atoms with Gasteiger partial charge in [0.1, 0.15) is 13.2 Å². The van der Waals surface area contributed by atoms with E-state index in [4.69, 9.17) is 18.9 Å². The molecular formula is C74H128NO8+. The molecule has 0 aromatic carbocycles. The molecule has 0 bridgehead atoms. The Bertz CT molecular complexity index is 1730. The molecule has 0 aliphatic carbocycles. The van der Waals surface area contributed by atoms with Crippen molar-refractivity contribution in [3.05, 3.63) is 109 Å². The van der Waals surface area contributed by atoms with Crippen LogP contribution in [0.15, 0.2) is 109 Å². The monoisotopic (exact) mass is 1160 g/mol. The van der Waals surface area contributed by atoms with Gasteiger partial charge in [0.15, 0.2) is 6.10 Å². The summed E-state index contributed by atoms with van der Waals surface area (Å²) in [6, 6.07) is 0. The molecule has 9 heteroatoms. The van der Waals surface area contributed by atoms with E-state index in [2.05, 4.69) is 123 Å². The Hall–Kier alpha value is -4.05. The van der Waals surface area contributed by atoms with Crippen LogP contribution < -0.4 is 0 Å². The number of carbonyl (C=O) groups is 3. The van der Waals surface area contributed by atoms with Crippen molar-refractivity contribution in [1.29, 1.82) is 0 Å². The van der Waals surface area contributed by atoms with Crippen LogP contribution in [0.25, 0.3) is 0 Å². The van der Waals surface area contributed by atoms with Crippen LogP contribution in [-0.4, -0.2) is 87.4 Å². The van der Waals surface area contributed by atoms with Crippen molar-refractivity contribution in [3.63, 3.8) is 0 Å². The highest BCUT2D eigenvalue weighted by molar-refractivity contribution is 5.71. The Labute approximate surface area is 511 Å². The molecule has 0 aromatic rings. The molecule has 0 fully saturated rings. The molecular weight excluding hydrogens is 1030 g/mol. The van der Waals surface area contributed by atoms with Gasteiger partial charge in [-0.05, 0) is 103 Å². The maximum Gasteiger partial charge on any atom is 0.361 e. The number of aliphatic carboxylic acids is 1. The summed E-state index contributed by atoms with van der Waals surface area (Å²) in [6.45, 7) is 4.73. The van der Waals surface area contributed by atoms with Gasteiger partial charge in [0.2, 0.25) is 0 Å². The quantitative estimate of drug-likeness (QED) is 0.0211. The zero-order valence-corrected chi connectivity index (χ0v) is 54.3. The largest absolute Gasteiger partial charge is 0.477 e. The van der Waals surface area contributed by atoms with Crippen LogP contribution in [0.5, 0.6) is 0 Å². The first-order chi connectivity index (χ1) is 40.6. The topological polar surface area (TPSA) is 108 Å². The highest BCUT2D eigenvalue weighted by Gasteiger charge is 2.25. The van der Waals surface area contributed by atoms with E-state index < -0.39 is 24.3 Å². The maximum absolute atomic E-state index is 12.9. The van der Waals surface area contributed by atoms with Gasteiger partial charge in [0, 0.05) is 12.8 Å².